The van der Waals surface area contributed by atoms with E-state index in [1.807, 2.05) is 42.5 Å². The summed E-state index contributed by atoms with van der Waals surface area (Å²) in [7, 11) is 0. The Morgan fingerprint density at radius 3 is 2.62 bits per heavy atom. The Labute approximate surface area is 152 Å². The van der Waals surface area contributed by atoms with Gasteiger partial charge in [-0.3, -0.25) is 9.36 Å². The Bertz CT molecular complexity index is 894. The van der Waals surface area contributed by atoms with Crippen molar-refractivity contribution in [1.29, 1.82) is 0 Å². The number of nitrogens with zero attached hydrogens (tertiary/aromatic N) is 2. The fourth-order valence-corrected chi connectivity index (χ4v) is 3.66. The van der Waals surface area contributed by atoms with Gasteiger partial charge in [-0.1, -0.05) is 52.0 Å². The third-order valence-electron chi connectivity index (χ3n) is 3.65. The first-order valence-corrected chi connectivity index (χ1v) is 9.44. The summed E-state index contributed by atoms with van der Waals surface area (Å²) in [5.41, 5.74) is 1.83. The van der Waals surface area contributed by atoms with Crippen molar-refractivity contribution in [2.75, 3.05) is 6.61 Å². The van der Waals surface area contributed by atoms with Gasteiger partial charge in [-0.25, -0.2) is 4.98 Å². The van der Waals surface area contributed by atoms with Crippen molar-refractivity contribution in [1.82, 2.24) is 9.55 Å². The van der Waals surface area contributed by atoms with Crippen LogP contribution in [0.4, 0.5) is 0 Å². The van der Waals surface area contributed by atoms with Crippen LogP contribution in [0.5, 0.6) is 0 Å². The highest BCUT2D eigenvalue weighted by Crippen LogP contribution is 2.23. The molecule has 1 N–H and O–H groups in total. The number of hydrogen-bond acceptors (Lipinski definition) is 4. The number of fused-ring (bicyclic) bond motifs is 1. The smallest absolute Gasteiger partial charge is 0.262 e. The number of aliphatic hydroxyl groups excluding tert-OH is 1. The molecule has 0 aliphatic carbocycles. The van der Waals surface area contributed by atoms with Crippen LogP contribution in [-0.2, 0) is 12.3 Å². The van der Waals surface area contributed by atoms with Gasteiger partial charge < -0.3 is 5.11 Å². The van der Waals surface area contributed by atoms with Crippen molar-refractivity contribution >= 4 is 38.6 Å². The van der Waals surface area contributed by atoms with E-state index in [0.717, 1.165) is 10.2 Å². The second kappa shape index (κ2) is 7.96. The fraction of sp³-hybridized carbons (Fsp3) is 0.222. The number of aliphatic hydroxyl groups is 1. The molecule has 3 rings (SSSR count). The topological polar surface area (TPSA) is 55.1 Å². The Morgan fingerprint density at radius 1 is 1.12 bits per heavy atom. The summed E-state index contributed by atoms with van der Waals surface area (Å²) in [5, 5.41) is 10.4. The lowest BCUT2D eigenvalue weighted by Gasteiger charge is -2.12. The molecule has 0 fully saturated rings. The molecule has 0 atom stereocenters. The van der Waals surface area contributed by atoms with Gasteiger partial charge in [0.1, 0.15) is 0 Å². The van der Waals surface area contributed by atoms with Crippen LogP contribution in [0.25, 0.3) is 10.9 Å². The predicted molar refractivity (Wildman–Crippen MR) is 101 cm³/mol. The molecule has 24 heavy (non-hydrogen) atoms. The summed E-state index contributed by atoms with van der Waals surface area (Å²) in [4.78, 5) is 17.4. The van der Waals surface area contributed by atoms with Gasteiger partial charge in [-0.2, -0.15) is 0 Å². The third kappa shape index (κ3) is 3.88. The SMILES string of the molecule is O=c1c2ccccc2nc(SCc2ccc(Br)cc2)n1CCCO. The Hall–Kier alpha value is -1.63. The molecule has 0 aliphatic heterocycles. The number of aromatic nitrogens is 2. The van der Waals surface area contributed by atoms with E-state index < -0.39 is 0 Å². The van der Waals surface area contributed by atoms with Gasteiger partial charge in [0.25, 0.3) is 5.56 Å². The molecule has 0 amide bonds. The highest BCUT2D eigenvalue weighted by atomic mass is 79.9. The van der Waals surface area contributed by atoms with Gasteiger partial charge in [-0.05, 0) is 36.2 Å². The van der Waals surface area contributed by atoms with Gasteiger partial charge in [0.05, 0.1) is 10.9 Å². The number of para-hydroxylation sites is 1. The first-order valence-electron chi connectivity index (χ1n) is 7.67. The zero-order valence-electron chi connectivity index (χ0n) is 13.0. The number of rotatable bonds is 6. The molecule has 0 bridgehead atoms. The minimum absolute atomic E-state index is 0.0487. The molecule has 0 radical (unpaired) electrons. The monoisotopic (exact) mass is 404 g/mol. The normalized spacial score (nSPS) is 11.1. The second-order valence-electron chi connectivity index (χ2n) is 5.36. The lowest BCUT2D eigenvalue weighted by atomic mass is 10.2. The van der Waals surface area contributed by atoms with Crippen LogP contribution in [0.1, 0.15) is 12.0 Å². The van der Waals surface area contributed by atoms with E-state index in [1.165, 1.54) is 5.56 Å². The van der Waals surface area contributed by atoms with Gasteiger partial charge in [0.2, 0.25) is 0 Å². The van der Waals surface area contributed by atoms with E-state index in [-0.39, 0.29) is 12.2 Å². The Morgan fingerprint density at radius 2 is 1.88 bits per heavy atom. The summed E-state index contributed by atoms with van der Waals surface area (Å²) in [6.07, 6.45) is 0.534. The van der Waals surface area contributed by atoms with Gasteiger partial charge in [0.15, 0.2) is 5.16 Å². The molecule has 0 aliphatic rings. The van der Waals surface area contributed by atoms with Crippen molar-refractivity contribution in [3.05, 3.63) is 68.9 Å². The van der Waals surface area contributed by atoms with Crippen LogP contribution in [-0.4, -0.2) is 21.3 Å². The highest BCUT2D eigenvalue weighted by Gasteiger charge is 2.11. The van der Waals surface area contributed by atoms with Crippen LogP contribution in [0, 0.1) is 0 Å². The summed E-state index contributed by atoms with van der Waals surface area (Å²) in [6, 6.07) is 15.5. The predicted octanol–water partition coefficient (Wildman–Crippen LogP) is 3.83. The molecule has 0 spiro atoms. The molecular weight excluding hydrogens is 388 g/mol. The summed E-state index contributed by atoms with van der Waals surface area (Å²) in [5.74, 6) is 0.733. The fourth-order valence-electron chi connectivity index (χ4n) is 2.41. The number of benzene rings is 2. The zero-order chi connectivity index (χ0) is 16.9. The molecule has 0 unspecified atom stereocenters. The maximum atomic E-state index is 12.7. The molecule has 0 saturated heterocycles. The molecule has 6 heteroatoms. The Kier molecular flexibility index (Phi) is 5.71. The molecule has 2 aromatic carbocycles. The van der Waals surface area contributed by atoms with E-state index in [2.05, 4.69) is 20.9 Å². The van der Waals surface area contributed by atoms with Crippen LogP contribution in [0.3, 0.4) is 0 Å². The van der Waals surface area contributed by atoms with Crippen LogP contribution in [0.2, 0.25) is 0 Å². The standard InChI is InChI=1S/C18H17BrN2O2S/c19-14-8-6-13(7-9-14)12-24-18-20-16-5-2-1-4-15(16)17(23)21(18)10-3-11-22/h1-2,4-9,22H,3,10-12H2. The molecule has 1 aromatic heterocycles. The van der Waals surface area contributed by atoms with E-state index in [9.17, 15) is 4.79 Å². The molecule has 4 nitrogen and oxygen atoms in total. The second-order valence-corrected chi connectivity index (χ2v) is 7.22. The number of thioether (sulfide) groups is 1. The number of hydrogen-bond donors (Lipinski definition) is 1. The largest absolute Gasteiger partial charge is 0.396 e. The third-order valence-corrected chi connectivity index (χ3v) is 5.22. The van der Waals surface area contributed by atoms with Crippen LogP contribution >= 0.6 is 27.7 Å². The first kappa shape index (κ1) is 17.2. The summed E-state index contributed by atoms with van der Waals surface area (Å²) >= 11 is 4.97. The van der Waals surface area contributed by atoms with E-state index in [1.54, 1.807) is 22.4 Å². The van der Waals surface area contributed by atoms with Crippen LogP contribution < -0.4 is 5.56 Å². The highest BCUT2D eigenvalue weighted by molar-refractivity contribution is 9.10. The molecule has 1 heterocycles. The minimum Gasteiger partial charge on any atom is -0.396 e. The van der Waals surface area contributed by atoms with Gasteiger partial charge >= 0.3 is 0 Å². The summed E-state index contributed by atoms with van der Waals surface area (Å²) < 4.78 is 2.71. The quantitative estimate of drug-likeness (QED) is 0.500. The average Bonchev–Trinajstić information content (AvgIpc) is 2.61. The average molecular weight is 405 g/mol. The van der Waals surface area contributed by atoms with E-state index in [4.69, 9.17) is 5.11 Å². The molecular formula is C18H17BrN2O2S. The lowest BCUT2D eigenvalue weighted by molar-refractivity contribution is 0.276. The zero-order valence-corrected chi connectivity index (χ0v) is 15.4. The van der Waals surface area contributed by atoms with Crippen molar-refractivity contribution in [3.63, 3.8) is 0 Å². The summed E-state index contributed by atoms with van der Waals surface area (Å²) in [6.45, 7) is 0.520. The minimum atomic E-state index is -0.0487. The van der Waals surface area contributed by atoms with Crippen molar-refractivity contribution in [2.24, 2.45) is 0 Å². The molecule has 3 aromatic rings. The Balaban J connectivity index is 1.95. The maximum Gasteiger partial charge on any atom is 0.262 e. The van der Waals surface area contributed by atoms with Crippen molar-refractivity contribution < 1.29 is 5.11 Å². The van der Waals surface area contributed by atoms with E-state index in [0.29, 0.717) is 29.0 Å². The maximum absolute atomic E-state index is 12.7. The number of halogens is 1. The lowest BCUT2D eigenvalue weighted by Crippen LogP contribution is -2.24. The molecule has 124 valence electrons. The van der Waals surface area contributed by atoms with Crippen molar-refractivity contribution in [3.8, 4) is 0 Å². The van der Waals surface area contributed by atoms with Crippen LogP contribution in [0.15, 0.2) is 63.0 Å². The van der Waals surface area contributed by atoms with Gasteiger partial charge in [0, 0.05) is 23.4 Å². The van der Waals surface area contributed by atoms with Crippen molar-refractivity contribution in [2.45, 2.75) is 23.9 Å². The van der Waals surface area contributed by atoms with E-state index >= 15 is 0 Å². The first-order chi connectivity index (χ1) is 11.7. The van der Waals surface area contributed by atoms with Gasteiger partial charge in [-0.15, -0.1) is 0 Å². The molecule has 0 saturated carbocycles.